The van der Waals surface area contributed by atoms with Gasteiger partial charge in [-0.05, 0) is 23.3 Å². The fourth-order valence-corrected chi connectivity index (χ4v) is 2.54. The molecule has 2 aromatic rings. The van der Waals surface area contributed by atoms with Crippen LogP contribution in [0.3, 0.4) is 0 Å². The maximum absolute atomic E-state index is 10.1. The van der Waals surface area contributed by atoms with Crippen molar-refractivity contribution in [2.24, 2.45) is 0 Å². The summed E-state index contributed by atoms with van der Waals surface area (Å²) in [6.07, 6.45) is 2.01. The van der Waals surface area contributed by atoms with Gasteiger partial charge >= 0.3 is 0 Å². The minimum Gasteiger partial charge on any atom is -0.493 e. The number of ether oxygens (including phenoxy) is 1. The quantitative estimate of drug-likeness (QED) is 0.864. The Labute approximate surface area is 97.3 Å². The lowest BCUT2D eigenvalue weighted by Gasteiger charge is -2.09. The summed E-state index contributed by atoms with van der Waals surface area (Å²) >= 11 is 1.47. The van der Waals surface area contributed by atoms with Crippen LogP contribution in [0.15, 0.2) is 29.8 Å². The lowest BCUT2D eigenvalue weighted by atomic mass is 10.0. The zero-order valence-electron chi connectivity index (χ0n) is 8.59. The normalized spacial score (nSPS) is 15.6. The van der Waals surface area contributed by atoms with E-state index in [2.05, 4.69) is 4.98 Å². The molecule has 0 aliphatic carbocycles. The van der Waals surface area contributed by atoms with Crippen molar-refractivity contribution in [1.29, 1.82) is 0 Å². The van der Waals surface area contributed by atoms with Crippen LogP contribution >= 0.6 is 11.3 Å². The third-order valence-electron chi connectivity index (χ3n) is 2.71. The van der Waals surface area contributed by atoms with Gasteiger partial charge in [0.25, 0.3) is 0 Å². The minimum absolute atomic E-state index is 0.620. The molecule has 0 radical (unpaired) electrons. The Morgan fingerprint density at radius 3 is 3.19 bits per heavy atom. The van der Waals surface area contributed by atoms with Crippen LogP contribution in [0.25, 0.3) is 0 Å². The predicted molar refractivity (Wildman–Crippen MR) is 61.8 cm³/mol. The van der Waals surface area contributed by atoms with E-state index in [0.717, 1.165) is 29.3 Å². The minimum atomic E-state index is -0.620. The van der Waals surface area contributed by atoms with E-state index < -0.39 is 6.10 Å². The highest BCUT2D eigenvalue weighted by molar-refractivity contribution is 7.09. The van der Waals surface area contributed by atoms with E-state index in [0.29, 0.717) is 0 Å². The second kappa shape index (κ2) is 3.88. The first kappa shape index (κ1) is 9.81. The van der Waals surface area contributed by atoms with Crippen LogP contribution in [0.5, 0.6) is 5.75 Å². The molecule has 0 bridgehead atoms. The van der Waals surface area contributed by atoms with Gasteiger partial charge in [-0.1, -0.05) is 6.07 Å². The molecule has 3 nitrogen and oxygen atoms in total. The smallest absolute Gasteiger partial charge is 0.131 e. The van der Waals surface area contributed by atoms with Crippen molar-refractivity contribution in [3.63, 3.8) is 0 Å². The number of benzene rings is 1. The van der Waals surface area contributed by atoms with Crippen LogP contribution in [-0.4, -0.2) is 16.7 Å². The van der Waals surface area contributed by atoms with Crippen LogP contribution in [0, 0.1) is 0 Å². The molecule has 2 heterocycles. The van der Waals surface area contributed by atoms with E-state index >= 15 is 0 Å². The number of rotatable bonds is 2. The van der Waals surface area contributed by atoms with E-state index in [4.69, 9.17) is 4.74 Å². The van der Waals surface area contributed by atoms with E-state index in [1.807, 2.05) is 23.6 Å². The monoisotopic (exact) mass is 233 g/mol. The Bertz CT molecular complexity index is 496. The zero-order chi connectivity index (χ0) is 11.0. The molecule has 0 amide bonds. The second-order valence-corrected chi connectivity index (χ2v) is 4.66. The van der Waals surface area contributed by atoms with Crippen molar-refractivity contribution in [3.05, 3.63) is 45.9 Å². The molecule has 3 rings (SSSR count). The predicted octanol–water partition coefficient (Wildman–Crippen LogP) is 2.16. The molecule has 0 saturated carbocycles. The Hall–Kier alpha value is -1.39. The van der Waals surface area contributed by atoms with Crippen LogP contribution < -0.4 is 4.74 Å². The Morgan fingerprint density at radius 2 is 2.38 bits per heavy atom. The summed E-state index contributed by atoms with van der Waals surface area (Å²) in [7, 11) is 0. The molecular weight excluding hydrogens is 222 g/mol. The van der Waals surface area contributed by atoms with Crippen molar-refractivity contribution in [1.82, 2.24) is 4.98 Å². The average Bonchev–Trinajstić information content (AvgIpc) is 2.98. The second-order valence-electron chi connectivity index (χ2n) is 3.74. The van der Waals surface area contributed by atoms with Crippen molar-refractivity contribution in [2.45, 2.75) is 12.5 Å². The van der Waals surface area contributed by atoms with Gasteiger partial charge in [0.2, 0.25) is 0 Å². The molecule has 1 unspecified atom stereocenters. The summed E-state index contributed by atoms with van der Waals surface area (Å²) in [5, 5.41) is 12.7. The van der Waals surface area contributed by atoms with E-state index in [-0.39, 0.29) is 0 Å². The van der Waals surface area contributed by atoms with Crippen molar-refractivity contribution < 1.29 is 9.84 Å². The number of hydrogen-bond acceptors (Lipinski definition) is 4. The fraction of sp³-hybridized carbons (Fsp3) is 0.250. The third-order valence-corrected chi connectivity index (χ3v) is 3.54. The molecule has 0 spiro atoms. The largest absolute Gasteiger partial charge is 0.493 e. The number of fused-ring (bicyclic) bond motifs is 1. The Morgan fingerprint density at radius 1 is 1.44 bits per heavy atom. The van der Waals surface area contributed by atoms with Gasteiger partial charge in [-0.3, -0.25) is 0 Å². The van der Waals surface area contributed by atoms with Crippen molar-refractivity contribution in [2.75, 3.05) is 6.61 Å². The highest BCUT2D eigenvalue weighted by Crippen LogP contribution is 2.30. The number of hydrogen-bond donors (Lipinski definition) is 1. The van der Waals surface area contributed by atoms with Gasteiger partial charge < -0.3 is 9.84 Å². The van der Waals surface area contributed by atoms with Gasteiger partial charge in [0.1, 0.15) is 16.9 Å². The van der Waals surface area contributed by atoms with E-state index in [1.54, 1.807) is 6.20 Å². The SMILES string of the molecule is OC(c1ccc2c(c1)CCO2)c1nccs1. The molecule has 16 heavy (non-hydrogen) atoms. The first-order valence-corrected chi connectivity index (χ1v) is 6.05. The molecule has 1 aromatic heterocycles. The molecule has 1 aromatic carbocycles. The molecule has 1 atom stereocenters. The van der Waals surface area contributed by atoms with Crippen LogP contribution in [-0.2, 0) is 6.42 Å². The molecule has 0 fully saturated rings. The topological polar surface area (TPSA) is 42.4 Å². The molecule has 0 saturated heterocycles. The summed E-state index contributed by atoms with van der Waals surface area (Å²) in [4.78, 5) is 4.12. The third kappa shape index (κ3) is 1.60. The van der Waals surface area contributed by atoms with Crippen LogP contribution in [0.1, 0.15) is 22.2 Å². The van der Waals surface area contributed by atoms with Gasteiger partial charge in [0.05, 0.1) is 6.61 Å². The number of aliphatic hydroxyl groups excluding tert-OH is 1. The summed E-state index contributed by atoms with van der Waals surface area (Å²) < 4.78 is 5.43. The highest BCUT2D eigenvalue weighted by Gasteiger charge is 2.17. The van der Waals surface area contributed by atoms with Crippen LogP contribution in [0.2, 0.25) is 0 Å². The summed E-state index contributed by atoms with van der Waals surface area (Å²) in [5.74, 6) is 0.940. The first-order chi connectivity index (χ1) is 7.84. The molecule has 1 aliphatic rings. The van der Waals surface area contributed by atoms with E-state index in [9.17, 15) is 5.11 Å². The van der Waals surface area contributed by atoms with Crippen LogP contribution in [0.4, 0.5) is 0 Å². The lowest BCUT2D eigenvalue weighted by molar-refractivity contribution is 0.219. The van der Waals surface area contributed by atoms with Gasteiger partial charge in [0, 0.05) is 18.0 Å². The summed E-state index contributed by atoms with van der Waals surface area (Å²) in [6.45, 7) is 0.742. The van der Waals surface area contributed by atoms with E-state index in [1.165, 1.54) is 16.9 Å². The van der Waals surface area contributed by atoms with Gasteiger partial charge in [-0.25, -0.2) is 4.98 Å². The number of nitrogens with zero attached hydrogens (tertiary/aromatic N) is 1. The van der Waals surface area contributed by atoms with Gasteiger partial charge in [0.15, 0.2) is 0 Å². The average molecular weight is 233 g/mol. The number of aliphatic hydroxyl groups is 1. The Kier molecular flexibility index (Phi) is 2.38. The lowest BCUT2D eigenvalue weighted by Crippen LogP contribution is -1.99. The number of aromatic nitrogens is 1. The van der Waals surface area contributed by atoms with Crippen molar-refractivity contribution in [3.8, 4) is 5.75 Å². The summed E-state index contributed by atoms with van der Waals surface area (Å²) in [6, 6.07) is 5.83. The number of thiazole rings is 1. The maximum atomic E-state index is 10.1. The Balaban J connectivity index is 1.95. The molecule has 4 heteroatoms. The molecular formula is C12H11NO2S. The maximum Gasteiger partial charge on any atom is 0.131 e. The zero-order valence-corrected chi connectivity index (χ0v) is 9.41. The first-order valence-electron chi connectivity index (χ1n) is 5.17. The fourth-order valence-electron chi connectivity index (χ4n) is 1.89. The van der Waals surface area contributed by atoms with Crippen molar-refractivity contribution >= 4 is 11.3 Å². The molecule has 1 N–H and O–H groups in total. The summed E-state index contributed by atoms with van der Waals surface area (Å²) in [5.41, 5.74) is 2.06. The van der Waals surface area contributed by atoms with Gasteiger partial charge in [-0.15, -0.1) is 11.3 Å². The highest BCUT2D eigenvalue weighted by atomic mass is 32.1. The van der Waals surface area contributed by atoms with Gasteiger partial charge in [-0.2, -0.15) is 0 Å². The molecule has 1 aliphatic heterocycles. The standard InChI is InChI=1S/C12H11NO2S/c14-11(12-13-4-6-16-12)9-1-2-10-8(7-9)3-5-15-10/h1-2,4,6-7,11,14H,3,5H2. The molecule has 82 valence electrons.